The summed E-state index contributed by atoms with van der Waals surface area (Å²) in [6.45, 7) is 1.80. The molecule has 0 aromatic rings. The van der Waals surface area contributed by atoms with E-state index in [1.807, 2.05) is 0 Å². The molecule has 0 aromatic carbocycles. The average molecular weight is 276 g/mol. The van der Waals surface area contributed by atoms with Crippen molar-refractivity contribution >= 4 is 31.9 Å². The van der Waals surface area contributed by atoms with E-state index in [2.05, 4.69) is 31.9 Å². The largest absolute Gasteiger partial charge is 0.339 e. The molecule has 60 valence electrons. The third-order valence-electron chi connectivity index (χ3n) is 0.843. The van der Waals surface area contributed by atoms with Gasteiger partial charge in [-0.05, 0) is 22.4 Å². The van der Waals surface area contributed by atoms with Crippen LogP contribution in [-0.2, 0) is 0 Å². The van der Waals surface area contributed by atoms with Crippen molar-refractivity contribution in [1.29, 1.82) is 0 Å². The van der Waals surface area contributed by atoms with Gasteiger partial charge in [-0.2, -0.15) is 0 Å². The summed E-state index contributed by atoms with van der Waals surface area (Å²) in [5, 5.41) is 25.7. The Labute approximate surface area is 75.6 Å². The second-order valence-corrected chi connectivity index (χ2v) is 3.46. The summed E-state index contributed by atoms with van der Waals surface area (Å²) in [6, 6.07) is 0. The first-order valence-electron chi connectivity index (χ1n) is 2.61. The molecule has 0 aliphatic carbocycles. The lowest BCUT2D eigenvalue weighted by Crippen LogP contribution is -2.27. The summed E-state index contributed by atoms with van der Waals surface area (Å²) in [6.07, 6.45) is 0.573. The Morgan fingerprint density at radius 1 is 1.30 bits per heavy atom. The second-order valence-electron chi connectivity index (χ2n) is 1.71. The molecule has 3 N–H and O–H groups in total. The number of hydrogen-bond acceptors (Lipinski definition) is 3. The standard InChI is InChI=1S/C5H8Br2O3/c1-2-3(6)4(7)5(8,9)10/h8-10H,2H2,1H3/b4-3+. The zero-order valence-electron chi connectivity index (χ0n) is 5.30. The lowest BCUT2D eigenvalue weighted by Gasteiger charge is -2.14. The number of aliphatic hydroxyl groups is 3. The molecule has 0 aliphatic heterocycles. The van der Waals surface area contributed by atoms with Gasteiger partial charge in [0.15, 0.2) is 0 Å². The molecule has 0 aliphatic rings. The predicted molar refractivity (Wildman–Crippen MR) is 44.6 cm³/mol. The maximum Gasteiger partial charge on any atom is 0.312 e. The van der Waals surface area contributed by atoms with Gasteiger partial charge >= 0.3 is 5.97 Å². The van der Waals surface area contributed by atoms with Crippen molar-refractivity contribution in [3.8, 4) is 0 Å². The molecule has 0 heterocycles. The molecule has 3 nitrogen and oxygen atoms in total. The van der Waals surface area contributed by atoms with Gasteiger partial charge in [-0.25, -0.2) is 0 Å². The van der Waals surface area contributed by atoms with Crippen molar-refractivity contribution < 1.29 is 15.3 Å². The third kappa shape index (κ3) is 3.12. The second kappa shape index (κ2) is 3.82. The van der Waals surface area contributed by atoms with E-state index in [-0.39, 0.29) is 4.48 Å². The lowest BCUT2D eigenvalue weighted by molar-refractivity contribution is -0.275. The lowest BCUT2D eigenvalue weighted by atomic mass is 10.4. The minimum absolute atomic E-state index is 0.0671. The van der Waals surface area contributed by atoms with Crippen LogP contribution in [0.2, 0.25) is 0 Å². The SMILES string of the molecule is CC/C(Br)=C(\Br)C(O)(O)O. The summed E-state index contributed by atoms with van der Waals surface area (Å²) in [4.78, 5) is 0. The Hall–Kier alpha value is 0.580. The van der Waals surface area contributed by atoms with E-state index in [4.69, 9.17) is 15.3 Å². The summed E-state index contributed by atoms with van der Waals surface area (Å²) in [5.41, 5.74) is 0. The van der Waals surface area contributed by atoms with Gasteiger partial charge in [0.1, 0.15) is 0 Å². The Bertz CT molecular complexity index is 147. The molecule has 0 saturated carbocycles. The minimum Gasteiger partial charge on any atom is -0.339 e. The number of allylic oxidation sites excluding steroid dienone is 1. The quantitative estimate of drug-likeness (QED) is 0.660. The molecule has 0 fully saturated rings. The fourth-order valence-corrected chi connectivity index (χ4v) is 0.884. The maximum absolute atomic E-state index is 8.56. The highest BCUT2D eigenvalue weighted by atomic mass is 79.9. The molecule has 0 unspecified atom stereocenters. The molecule has 0 radical (unpaired) electrons. The van der Waals surface area contributed by atoms with E-state index in [1.54, 1.807) is 6.92 Å². The minimum atomic E-state index is -2.77. The molecule has 0 atom stereocenters. The highest BCUT2D eigenvalue weighted by molar-refractivity contribution is 9.14. The van der Waals surface area contributed by atoms with Crippen LogP contribution in [0, 0.1) is 0 Å². The van der Waals surface area contributed by atoms with Crippen LogP contribution in [0.4, 0.5) is 0 Å². The van der Waals surface area contributed by atoms with E-state index in [0.717, 1.165) is 0 Å². The molecule has 0 bridgehead atoms. The number of halogens is 2. The van der Waals surface area contributed by atoms with Gasteiger partial charge < -0.3 is 15.3 Å². The number of hydrogen-bond donors (Lipinski definition) is 3. The van der Waals surface area contributed by atoms with Gasteiger partial charge in [0.05, 0.1) is 4.48 Å². The van der Waals surface area contributed by atoms with E-state index in [0.29, 0.717) is 10.9 Å². The number of rotatable bonds is 2. The van der Waals surface area contributed by atoms with E-state index in [9.17, 15) is 0 Å². The Morgan fingerprint density at radius 2 is 1.70 bits per heavy atom. The molecule has 5 heteroatoms. The van der Waals surface area contributed by atoms with Gasteiger partial charge in [-0.15, -0.1) is 0 Å². The van der Waals surface area contributed by atoms with Crippen LogP contribution in [0.25, 0.3) is 0 Å². The van der Waals surface area contributed by atoms with Crippen LogP contribution < -0.4 is 0 Å². The molecule has 0 spiro atoms. The smallest absolute Gasteiger partial charge is 0.312 e. The molecule has 0 aromatic heterocycles. The first-order valence-corrected chi connectivity index (χ1v) is 4.20. The summed E-state index contributed by atoms with van der Waals surface area (Å²) < 4.78 is 0.447. The maximum atomic E-state index is 8.56. The first kappa shape index (κ1) is 10.6. The van der Waals surface area contributed by atoms with Crippen LogP contribution in [-0.4, -0.2) is 21.3 Å². The average Bonchev–Trinajstić information content (AvgIpc) is 1.83. The fourth-order valence-electron chi connectivity index (χ4n) is 0.337. The van der Waals surface area contributed by atoms with Crippen LogP contribution in [0.5, 0.6) is 0 Å². The van der Waals surface area contributed by atoms with Crippen molar-refractivity contribution in [3.05, 3.63) is 8.96 Å². The summed E-state index contributed by atoms with van der Waals surface area (Å²) >= 11 is 5.84. The van der Waals surface area contributed by atoms with Gasteiger partial charge in [-0.1, -0.05) is 22.9 Å². The Morgan fingerprint density at radius 3 is 1.80 bits per heavy atom. The van der Waals surface area contributed by atoms with E-state index < -0.39 is 5.97 Å². The van der Waals surface area contributed by atoms with Crippen LogP contribution in [0.1, 0.15) is 13.3 Å². The molecular formula is C5H8Br2O3. The predicted octanol–water partition coefficient (Wildman–Crippen LogP) is 1.03. The van der Waals surface area contributed by atoms with Crippen molar-refractivity contribution in [2.75, 3.05) is 0 Å². The zero-order chi connectivity index (χ0) is 8.36. The van der Waals surface area contributed by atoms with Crippen LogP contribution in [0.3, 0.4) is 0 Å². The highest BCUT2D eigenvalue weighted by Gasteiger charge is 2.24. The Kier molecular flexibility index (Phi) is 4.05. The molecule has 10 heavy (non-hydrogen) atoms. The van der Waals surface area contributed by atoms with Gasteiger partial charge in [-0.3, -0.25) is 0 Å². The van der Waals surface area contributed by atoms with E-state index >= 15 is 0 Å². The summed E-state index contributed by atoms with van der Waals surface area (Å²) in [5.74, 6) is -2.77. The summed E-state index contributed by atoms with van der Waals surface area (Å²) in [7, 11) is 0. The van der Waals surface area contributed by atoms with Crippen molar-refractivity contribution in [1.82, 2.24) is 0 Å². The van der Waals surface area contributed by atoms with Crippen molar-refractivity contribution in [2.45, 2.75) is 19.3 Å². The topological polar surface area (TPSA) is 60.7 Å². The molecule has 0 saturated heterocycles. The van der Waals surface area contributed by atoms with Gasteiger partial charge in [0.2, 0.25) is 0 Å². The third-order valence-corrected chi connectivity index (χ3v) is 3.34. The highest BCUT2D eigenvalue weighted by Crippen LogP contribution is 2.27. The molecular weight excluding hydrogens is 268 g/mol. The van der Waals surface area contributed by atoms with Crippen molar-refractivity contribution in [3.63, 3.8) is 0 Å². The van der Waals surface area contributed by atoms with Crippen molar-refractivity contribution in [2.24, 2.45) is 0 Å². The molecule has 0 rings (SSSR count). The van der Waals surface area contributed by atoms with E-state index in [1.165, 1.54) is 0 Å². The van der Waals surface area contributed by atoms with Crippen LogP contribution in [0.15, 0.2) is 8.96 Å². The van der Waals surface area contributed by atoms with Gasteiger partial charge in [0.25, 0.3) is 0 Å². The Balaban J connectivity index is 4.47. The fraction of sp³-hybridized carbons (Fsp3) is 0.600. The van der Waals surface area contributed by atoms with Crippen LogP contribution >= 0.6 is 31.9 Å². The van der Waals surface area contributed by atoms with Gasteiger partial charge in [0, 0.05) is 4.48 Å². The normalized spacial score (nSPS) is 15.0. The monoisotopic (exact) mass is 274 g/mol. The first-order chi connectivity index (χ1) is 4.39. The molecule has 0 amide bonds. The zero-order valence-corrected chi connectivity index (χ0v) is 8.48.